The minimum Gasteiger partial charge on any atom is -0.341 e. The SMILES string of the molecule is CCNC1CCN(CCc2ccc(Cl)s2)C1=O. The number of thiophene rings is 1. The fourth-order valence-corrected chi connectivity index (χ4v) is 3.20. The third-order valence-corrected chi connectivity index (χ3v) is 4.30. The summed E-state index contributed by atoms with van der Waals surface area (Å²) in [5, 5.41) is 3.22. The van der Waals surface area contributed by atoms with Crippen LogP contribution in [0.3, 0.4) is 0 Å². The average molecular weight is 273 g/mol. The number of halogens is 1. The summed E-state index contributed by atoms with van der Waals surface area (Å²) in [6, 6.07) is 3.98. The van der Waals surface area contributed by atoms with Gasteiger partial charge in [0, 0.05) is 18.0 Å². The second-order valence-corrected chi connectivity index (χ2v) is 5.98. The maximum atomic E-state index is 12.0. The quantitative estimate of drug-likeness (QED) is 0.891. The molecule has 1 atom stereocenters. The lowest BCUT2D eigenvalue weighted by Gasteiger charge is -2.16. The Balaban J connectivity index is 1.82. The van der Waals surface area contributed by atoms with Gasteiger partial charge in [0.25, 0.3) is 0 Å². The van der Waals surface area contributed by atoms with E-state index in [1.165, 1.54) is 4.88 Å². The topological polar surface area (TPSA) is 32.3 Å². The molecule has 3 nitrogen and oxygen atoms in total. The molecule has 1 saturated heterocycles. The number of likely N-dealkylation sites (tertiary alicyclic amines) is 1. The summed E-state index contributed by atoms with van der Waals surface area (Å²) in [4.78, 5) is 15.2. The zero-order valence-corrected chi connectivity index (χ0v) is 11.5. The lowest BCUT2D eigenvalue weighted by atomic mass is 10.2. The molecule has 1 amide bonds. The van der Waals surface area contributed by atoms with Gasteiger partial charge in [0.2, 0.25) is 5.91 Å². The number of amides is 1. The fourth-order valence-electron chi connectivity index (χ4n) is 2.13. The van der Waals surface area contributed by atoms with Gasteiger partial charge in [-0.25, -0.2) is 0 Å². The van der Waals surface area contributed by atoms with Crippen LogP contribution in [0.4, 0.5) is 0 Å². The first-order valence-corrected chi connectivity index (χ1v) is 7.16. The van der Waals surface area contributed by atoms with Crippen molar-refractivity contribution in [2.24, 2.45) is 0 Å². The standard InChI is InChI=1S/C12H17ClN2OS/c1-2-14-10-6-8-15(12(10)16)7-5-9-3-4-11(13)17-9/h3-4,10,14H,2,5-8H2,1H3. The zero-order chi connectivity index (χ0) is 12.3. The van der Waals surface area contributed by atoms with Crippen LogP contribution in [0.25, 0.3) is 0 Å². The molecule has 0 aromatic carbocycles. The van der Waals surface area contributed by atoms with E-state index in [-0.39, 0.29) is 11.9 Å². The smallest absolute Gasteiger partial charge is 0.239 e. The Morgan fingerprint density at radius 1 is 1.59 bits per heavy atom. The van der Waals surface area contributed by atoms with Gasteiger partial charge in [0.05, 0.1) is 10.4 Å². The van der Waals surface area contributed by atoms with Gasteiger partial charge in [-0.2, -0.15) is 0 Å². The largest absolute Gasteiger partial charge is 0.341 e. The Kier molecular flexibility index (Phi) is 4.42. The number of rotatable bonds is 5. The fraction of sp³-hybridized carbons (Fsp3) is 0.583. The van der Waals surface area contributed by atoms with E-state index in [4.69, 9.17) is 11.6 Å². The van der Waals surface area contributed by atoms with Crippen molar-refractivity contribution in [2.45, 2.75) is 25.8 Å². The number of hydrogen-bond donors (Lipinski definition) is 1. The molecule has 1 aliphatic rings. The van der Waals surface area contributed by atoms with Crippen molar-refractivity contribution in [1.29, 1.82) is 0 Å². The van der Waals surface area contributed by atoms with Gasteiger partial charge in [0.15, 0.2) is 0 Å². The predicted molar refractivity (Wildman–Crippen MR) is 71.7 cm³/mol. The Hall–Kier alpha value is -0.580. The third-order valence-electron chi connectivity index (χ3n) is 3.00. The minimum absolute atomic E-state index is 0.0342. The average Bonchev–Trinajstić information content (AvgIpc) is 2.86. The highest BCUT2D eigenvalue weighted by Gasteiger charge is 2.30. The molecular formula is C12H17ClN2OS. The molecule has 0 bridgehead atoms. The molecule has 1 aromatic rings. The van der Waals surface area contributed by atoms with E-state index in [1.807, 2.05) is 24.0 Å². The maximum absolute atomic E-state index is 12.0. The molecule has 2 rings (SSSR count). The summed E-state index contributed by atoms with van der Waals surface area (Å²) in [7, 11) is 0. The van der Waals surface area contributed by atoms with Gasteiger partial charge in [-0.1, -0.05) is 18.5 Å². The lowest BCUT2D eigenvalue weighted by molar-refractivity contribution is -0.129. The van der Waals surface area contributed by atoms with Crippen LogP contribution < -0.4 is 5.32 Å². The van der Waals surface area contributed by atoms with Crippen LogP contribution in [-0.4, -0.2) is 36.5 Å². The molecule has 1 unspecified atom stereocenters. The molecule has 94 valence electrons. The van der Waals surface area contributed by atoms with E-state index in [1.54, 1.807) is 11.3 Å². The highest BCUT2D eigenvalue weighted by Crippen LogP contribution is 2.22. The molecular weight excluding hydrogens is 256 g/mol. The van der Waals surface area contributed by atoms with E-state index >= 15 is 0 Å². The summed E-state index contributed by atoms with van der Waals surface area (Å²) < 4.78 is 0.818. The van der Waals surface area contributed by atoms with Gasteiger partial charge in [0.1, 0.15) is 0 Å². The number of carbonyl (C=O) groups is 1. The van der Waals surface area contributed by atoms with Crippen LogP contribution in [-0.2, 0) is 11.2 Å². The predicted octanol–water partition coefficient (Wildman–Crippen LogP) is 2.15. The highest BCUT2D eigenvalue weighted by atomic mass is 35.5. The summed E-state index contributed by atoms with van der Waals surface area (Å²) in [5.41, 5.74) is 0. The summed E-state index contributed by atoms with van der Waals surface area (Å²) in [5.74, 6) is 0.245. The molecule has 0 saturated carbocycles. The van der Waals surface area contributed by atoms with Crippen LogP contribution >= 0.6 is 22.9 Å². The van der Waals surface area contributed by atoms with E-state index in [0.717, 1.165) is 36.8 Å². The second kappa shape index (κ2) is 5.85. The maximum Gasteiger partial charge on any atom is 0.239 e. The number of nitrogens with one attached hydrogen (secondary N) is 1. The molecule has 0 spiro atoms. The lowest BCUT2D eigenvalue weighted by Crippen LogP contribution is -2.38. The van der Waals surface area contributed by atoms with E-state index < -0.39 is 0 Å². The molecule has 2 heterocycles. The van der Waals surface area contributed by atoms with E-state index in [0.29, 0.717) is 0 Å². The second-order valence-electron chi connectivity index (χ2n) is 4.18. The van der Waals surface area contributed by atoms with Gasteiger partial charge in [-0.15, -0.1) is 11.3 Å². The van der Waals surface area contributed by atoms with Crippen molar-refractivity contribution in [1.82, 2.24) is 10.2 Å². The number of nitrogens with zero attached hydrogens (tertiary/aromatic N) is 1. The number of hydrogen-bond acceptors (Lipinski definition) is 3. The molecule has 1 aliphatic heterocycles. The summed E-state index contributed by atoms with van der Waals surface area (Å²) >= 11 is 7.47. The Morgan fingerprint density at radius 2 is 2.41 bits per heavy atom. The first-order chi connectivity index (χ1) is 8.20. The molecule has 1 N–H and O–H groups in total. The van der Waals surface area contributed by atoms with Crippen molar-refractivity contribution >= 4 is 28.8 Å². The van der Waals surface area contributed by atoms with Crippen LogP contribution in [0.2, 0.25) is 4.34 Å². The number of likely N-dealkylation sites (N-methyl/N-ethyl adjacent to an activating group) is 1. The van der Waals surface area contributed by atoms with Gasteiger partial charge < -0.3 is 10.2 Å². The minimum atomic E-state index is 0.0342. The van der Waals surface area contributed by atoms with Gasteiger partial charge in [-0.3, -0.25) is 4.79 Å². The first kappa shape index (κ1) is 12.9. The van der Waals surface area contributed by atoms with Gasteiger partial charge in [-0.05, 0) is 31.5 Å². The summed E-state index contributed by atoms with van der Waals surface area (Å²) in [6.07, 6.45) is 1.83. The van der Waals surface area contributed by atoms with E-state index in [9.17, 15) is 4.79 Å². The van der Waals surface area contributed by atoms with Crippen LogP contribution in [0, 0.1) is 0 Å². The molecule has 17 heavy (non-hydrogen) atoms. The molecule has 5 heteroatoms. The number of carbonyl (C=O) groups excluding carboxylic acids is 1. The molecule has 0 radical (unpaired) electrons. The molecule has 1 fully saturated rings. The van der Waals surface area contributed by atoms with Crippen LogP contribution in [0.15, 0.2) is 12.1 Å². The van der Waals surface area contributed by atoms with Gasteiger partial charge >= 0.3 is 0 Å². The van der Waals surface area contributed by atoms with Crippen molar-refractivity contribution in [3.05, 3.63) is 21.3 Å². The van der Waals surface area contributed by atoms with E-state index in [2.05, 4.69) is 5.32 Å². The normalized spacial score (nSPS) is 20.2. The zero-order valence-electron chi connectivity index (χ0n) is 9.91. The Labute approximate surface area is 111 Å². The Bertz CT molecular complexity index is 394. The summed E-state index contributed by atoms with van der Waals surface area (Å²) in [6.45, 7) is 4.56. The van der Waals surface area contributed by atoms with Crippen LogP contribution in [0.1, 0.15) is 18.2 Å². The van der Waals surface area contributed by atoms with Crippen molar-refractivity contribution in [3.63, 3.8) is 0 Å². The van der Waals surface area contributed by atoms with Crippen molar-refractivity contribution < 1.29 is 4.79 Å². The van der Waals surface area contributed by atoms with Crippen molar-refractivity contribution in [3.8, 4) is 0 Å². The third kappa shape index (κ3) is 3.21. The molecule has 0 aliphatic carbocycles. The highest BCUT2D eigenvalue weighted by molar-refractivity contribution is 7.16. The monoisotopic (exact) mass is 272 g/mol. The first-order valence-electron chi connectivity index (χ1n) is 5.97. The van der Waals surface area contributed by atoms with Crippen LogP contribution in [0.5, 0.6) is 0 Å². The molecule has 1 aromatic heterocycles. The Morgan fingerprint density at radius 3 is 3.06 bits per heavy atom. The van der Waals surface area contributed by atoms with Crippen molar-refractivity contribution in [2.75, 3.05) is 19.6 Å².